The average molecular weight is 428 g/mol. The van der Waals surface area contributed by atoms with Crippen molar-refractivity contribution in [1.82, 2.24) is 35.6 Å². The van der Waals surface area contributed by atoms with Gasteiger partial charge in [-0.2, -0.15) is 0 Å². The van der Waals surface area contributed by atoms with Gasteiger partial charge in [0.25, 0.3) is 5.91 Å². The molecule has 0 unspecified atom stereocenters. The fourth-order valence-electron chi connectivity index (χ4n) is 2.92. The molecule has 0 radical (unpaired) electrons. The maximum atomic E-state index is 12.2. The number of hydrogen-bond acceptors (Lipinski definition) is 8. The molecule has 2 aromatic rings. The van der Waals surface area contributed by atoms with Crippen LogP contribution in [0.25, 0.3) is 0 Å². The van der Waals surface area contributed by atoms with Crippen molar-refractivity contribution in [1.29, 1.82) is 0 Å². The maximum Gasteiger partial charge on any atom is 0.273 e. The Morgan fingerprint density at radius 3 is 2.87 bits per heavy atom. The minimum atomic E-state index is -0.297. The number of hydrogen-bond donors (Lipinski definition) is 4. The largest absolute Gasteiger partial charge is 0.384 e. The van der Waals surface area contributed by atoms with E-state index in [0.717, 1.165) is 31.4 Å². The number of unbranched alkanes of at least 4 members (excludes halogenated alkanes) is 1. The number of aromatic nitrogens is 4. The van der Waals surface area contributed by atoms with Crippen molar-refractivity contribution in [2.45, 2.75) is 45.2 Å². The lowest BCUT2D eigenvalue weighted by Crippen LogP contribution is -2.33. The van der Waals surface area contributed by atoms with Crippen molar-refractivity contribution >= 4 is 11.8 Å². The van der Waals surface area contributed by atoms with Crippen LogP contribution in [-0.2, 0) is 17.9 Å². The summed E-state index contributed by atoms with van der Waals surface area (Å²) in [5, 5.41) is 14.8. The highest BCUT2D eigenvalue weighted by Crippen LogP contribution is 2.32. The van der Waals surface area contributed by atoms with Crippen LogP contribution in [0.4, 0.5) is 0 Å². The lowest BCUT2D eigenvalue weighted by molar-refractivity contribution is -0.120. The van der Waals surface area contributed by atoms with E-state index < -0.39 is 0 Å². The second kappa shape index (κ2) is 11.1. The lowest BCUT2D eigenvalue weighted by Gasteiger charge is -2.15. The second-order valence-electron chi connectivity index (χ2n) is 7.60. The molecule has 0 aromatic carbocycles. The fraction of sp³-hybridized carbons (Fsp3) is 0.450. The number of aryl methyl sites for hydroxylation is 1. The molecule has 3 rings (SSSR count). The Balaban J connectivity index is 1.32. The molecule has 1 aliphatic rings. The van der Waals surface area contributed by atoms with E-state index in [1.165, 1.54) is 11.2 Å². The van der Waals surface area contributed by atoms with Gasteiger partial charge in [-0.15, -0.1) is 5.10 Å². The molecule has 1 fully saturated rings. The van der Waals surface area contributed by atoms with Crippen LogP contribution in [-0.4, -0.2) is 43.3 Å². The number of nitrogens with two attached hydrogens (primary N) is 2. The predicted octanol–water partition coefficient (Wildman–Crippen LogP) is 0.233. The van der Waals surface area contributed by atoms with Gasteiger partial charge in [-0.1, -0.05) is 11.3 Å². The molecular weight excluding hydrogens is 398 g/mol. The Morgan fingerprint density at radius 2 is 2.13 bits per heavy atom. The number of amides is 2. The Bertz CT molecular complexity index is 893. The van der Waals surface area contributed by atoms with Gasteiger partial charge in [0.1, 0.15) is 5.82 Å². The molecule has 6 N–H and O–H groups in total. The zero-order valence-corrected chi connectivity index (χ0v) is 17.4. The molecule has 31 heavy (non-hydrogen) atoms. The zero-order valence-electron chi connectivity index (χ0n) is 17.4. The number of rotatable bonds is 12. The summed E-state index contributed by atoms with van der Waals surface area (Å²) in [6.07, 6.45) is 9.11. The molecule has 11 heteroatoms. The van der Waals surface area contributed by atoms with Crippen LogP contribution in [0, 0.1) is 5.92 Å². The first-order valence-corrected chi connectivity index (χ1v) is 10.4. The first-order valence-electron chi connectivity index (χ1n) is 10.4. The quantitative estimate of drug-likeness (QED) is 0.213. The first kappa shape index (κ1) is 22.2. The molecule has 2 heterocycles. The highest BCUT2D eigenvalue weighted by atomic mass is 16.2. The van der Waals surface area contributed by atoms with Gasteiger partial charge < -0.3 is 21.4 Å². The number of pyridine rings is 1. The van der Waals surface area contributed by atoms with Crippen LogP contribution in [0.3, 0.4) is 0 Å². The zero-order chi connectivity index (χ0) is 22.1. The minimum Gasteiger partial charge on any atom is -0.384 e. The number of nitrogens with one attached hydrogen (secondary N) is 2. The van der Waals surface area contributed by atoms with E-state index in [1.807, 2.05) is 18.2 Å². The van der Waals surface area contributed by atoms with E-state index >= 15 is 0 Å². The standard InChI is InChI=1S/C20H29N9O2/c21-18(25-19(30)11-15-6-7-15)14-28(22)9-3-4-10-29-13-17(26-27-29)20(31)24-12-16-5-1-2-8-23-16/h1-2,5,8,13-15H,3-4,6-7,9-12,21-22H2,(H,24,31)(H,25,30)/b18-14+. The molecule has 0 spiro atoms. The third-order valence-corrected chi connectivity index (χ3v) is 4.74. The highest BCUT2D eigenvalue weighted by Gasteiger charge is 2.24. The summed E-state index contributed by atoms with van der Waals surface area (Å²) in [5.41, 5.74) is 6.83. The van der Waals surface area contributed by atoms with Gasteiger partial charge in [0, 0.05) is 25.7 Å². The molecule has 0 bridgehead atoms. The maximum absolute atomic E-state index is 12.2. The second-order valence-corrected chi connectivity index (χ2v) is 7.60. The summed E-state index contributed by atoms with van der Waals surface area (Å²) in [4.78, 5) is 28.0. The number of hydrazine groups is 1. The van der Waals surface area contributed by atoms with Gasteiger partial charge in [-0.25, -0.2) is 5.84 Å². The monoisotopic (exact) mass is 427 g/mol. The molecule has 2 aromatic heterocycles. The smallest absolute Gasteiger partial charge is 0.273 e. The molecule has 0 aliphatic heterocycles. The van der Waals surface area contributed by atoms with Crippen LogP contribution in [0.1, 0.15) is 48.3 Å². The van der Waals surface area contributed by atoms with Gasteiger partial charge in [0.15, 0.2) is 5.69 Å². The first-order chi connectivity index (χ1) is 15.0. The molecular formula is C20H29N9O2. The van der Waals surface area contributed by atoms with Gasteiger partial charge in [-0.3, -0.25) is 19.3 Å². The van der Waals surface area contributed by atoms with Crippen molar-refractivity contribution in [2.75, 3.05) is 6.54 Å². The van der Waals surface area contributed by atoms with Gasteiger partial charge in [0.2, 0.25) is 5.91 Å². The summed E-state index contributed by atoms with van der Waals surface area (Å²) in [6, 6.07) is 5.52. The van der Waals surface area contributed by atoms with Crippen molar-refractivity contribution in [3.05, 3.63) is 54.0 Å². The van der Waals surface area contributed by atoms with E-state index in [-0.39, 0.29) is 23.3 Å². The van der Waals surface area contributed by atoms with Gasteiger partial charge in [0.05, 0.1) is 24.6 Å². The van der Waals surface area contributed by atoms with Crippen LogP contribution in [0.5, 0.6) is 0 Å². The van der Waals surface area contributed by atoms with E-state index in [2.05, 4.69) is 25.9 Å². The SMILES string of the molecule is N/C(=C\N(N)CCCCn1cc(C(=O)NCc2ccccn2)nn1)NC(=O)CC1CC1. The summed E-state index contributed by atoms with van der Waals surface area (Å²) < 4.78 is 1.62. The van der Waals surface area contributed by atoms with E-state index in [0.29, 0.717) is 32.0 Å². The normalized spacial score (nSPS) is 13.6. The molecule has 1 saturated carbocycles. The number of carbonyl (C=O) groups is 2. The molecule has 11 nitrogen and oxygen atoms in total. The lowest BCUT2D eigenvalue weighted by atomic mass is 10.3. The number of carbonyl (C=O) groups excluding carboxylic acids is 2. The van der Waals surface area contributed by atoms with Crippen LogP contribution in [0.15, 0.2) is 42.6 Å². The van der Waals surface area contributed by atoms with Crippen molar-refractivity contribution in [3.8, 4) is 0 Å². The molecule has 0 atom stereocenters. The van der Waals surface area contributed by atoms with Gasteiger partial charge in [-0.05, 0) is 43.7 Å². The van der Waals surface area contributed by atoms with Crippen LogP contribution in [0.2, 0.25) is 0 Å². The van der Waals surface area contributed by atoms with Crippen molar-refractivity contribution in [3.63, 3.8) is 0 Å². The molecule has 1 aliphatic carbocycles. The predicted molar refractivity (Wildman–Crippen MR) is 113 cm³/mol. The summed E-state index contributed by atoms with van der Waals surface area (Å²) in [6.45, 7) is 1.49. The third-order valence-electron chi connectivity index (χ3n) is 4.74. The molecule has 166 valence electrons. The summed E-state index contributed by atoms with van der Waals surface area (Å²) in [5.74, 6) is 6.28. The van der Waals surface area contributed by atoms with E-state index in [9.17, 15) is 9.59 Å². The average Bonchev–Trinajstić information content (AvgIpc) is 3.43. The molecule has 0 saturated heterocycles. The Kier molecular flexibility index (Phi) is 7.93. The highest BCUT2D eigenvalue weighted by molar-refractivity contribution is 5.91. The third kappa shape index (κ3) is 8.05. The minimum absolute atomic E-state index is 0.0734. The fourth-order valence-corrected chi connectivity index (χ4v) is 2.92. The van der Waals surface area contributed by atoms with Crippen LogP contribution >= 0.6 is 0 Å². The van der Waals surface area contributed by atoms with Crippen molar-refractivity contribution < 1.29 is 9.59 Å². The Hall–Kier alpha value is -3.47. The van der Waals surface area contributed by atoms with E-state index in [4.69, 9.17) is 11.6 Å². The summed E-state index contributed by atoms with van der Waals surface area (Å²) >= 11 is 0. The topological polar surface area (TPSA) is 157 Å². The summed E-state index contributed by atoms with van der Waals surface area (Å²) in [7, 11) is 0. The Labute approximate surface area is 180 Å². The van der Waals surface area contributed by atoms with Gasteiger partial charge >= 0.3 is 0 Å². The van der Waals surface area contributed by atoms with E-state index in [1.54, 1.807) is 17.1 Å². The number of nitrogens with zero attached hydrogens (tertiary/aromatic N) is 5. The Morgan fingerprint density at radius 1 is 1.29 bits per heavy atom. The molecule has 2 amide bonds. The van der Waals surface area contributed by atoms with Crippen LogP contribution < -0.4 is 22.2 Å². The van der Waals surface area contributed by atoms with Crippen molar-refractivity contribution in [2.24, 2.45) is 17.5 Å².